The summed E-state index contributed by atoms with van der Waals surface area (Å²) in [6.07, 6.45) is 3.38. The van der Waals surface area contributed by atoms with Crippen molar-refractivity contribution >= 4 is 5.69 Å². The summed E-state index contributed by atoms with van der Waals surface area (Å²) in [6, 6.07) is 7.98. The molecule has 4 heteroatoms. The van der Waals surface area contributed by atoms with Crippen molar-refractivity contribution in [3.05, 3.63) is 45.9 Å². The van der Waals surface area contributed by atoms with Gasteiger partial charge in [-0.15, -0.1) is 0 Å². The van der Waals surface area contributed by atoms with Crippen LogP contribution in [0.15, 0.2) is 29.1 Å². The summed E-state index contributed by atoms with van der Waals surface area (Å²) in [5.74, 6) is 1.20. The third kappa shape index (κ3) is 1.92. The summed E-state index contributed by atoms with van der Waals surface area (Å²) >= 11 is 0. The standard InChI is InChI=1S/C16H17N3O/c1-19-7-6-11-8-12(4-5-14(11)19)16-17-13(10-2-3-10)9-15(20)18-16/h4-5,8-10H,2-3,6-7H2,1H3,(H,17,18,20). The van der Waals surface area contributed by atoms with Crippen LogP contribution < -0.4 is 10.5 Å². The highest BCUT2D eigenvalue weighted by Crippen LogP contribution is 2.39. The Labute approximate surface area is 117 Å². The van der Waals surface area contributed by atoms with Gasteiger partial charge in [-0.2, -0.15) is 0 Å². The average Bonchev–Trinajstić information content (AvgIpc) is 3.23. The van der Waals surface area contributed by atoms with Crippen LogP contribution in [-0.4, -0.2) is 23.6 Å². The molecule has 1 fully saturated rings. The number of rotatable bonds is 2. The SMILES string of the molecule is CN1CCc2cc(-c3nc(C4CC4)cc(=O)[nH]3)ccc21. The highest BCUT2D eigenvalue weighted by Gasteiger charge is 2.26. The summed E-state index contributed by atoms with van der Waals surface area (Å²) in [6.45, 7) is 1.06. The van der Waals surface area contributed by atoms with Crippen LogP contribution in [0.3, 0.4) is 0 Å². The molecule has 0 radical (unpaired) electrons. The summed E-state index contributed by atoms with van der Waals surface area (Å²) in [5.41, 5.74) is 4.54. The van der Waals surface area contributed by atoms with Crippen molar-refractivity contribution in [3.8, 4) is 11.4 Å². The van der Waals surface area contributed by atoms with Gasteiger partial charge in [0.25, 0.3) is 5.56 Å². The van der Waals surface area contributed by atoms with E-state index < -0.39 is 0 Å². The fourth-order valence-corrected chi connectivity index (χ4v) is 2.92. The number of H-pyrrole nitrogens is 1. The monoisotopic (exact) mass is 267 g/mol. The number of nitrogens with zero attached hydrogens (tertiary/aromatic N) is 2. The minimum absolute atomic E-state index is 0.0467. The Hall–Kier alpha value is -2.10. The van der Waals surface area contributed by atoms with E-state index in [1.165, 1.54) is 11.3 Å². The quantitative estimate of drug-likeness (QED) is 0.908. The second-order valence-corrected chi connectivity index (χ2v) is 5.81. The van der Waals surface area contributed by atoms with Gasteiger partial charge in [0.2, 0.25) is 0 Å². The maximum atomic E-state index is 11.8. The maximum Gasteiger partial charge on any atom is 0.251 e. The third-order valence-corrected chi connectivity index (χ3v) is 4.24. The Morgan fingerprint density at radius 3 is 2.95 bits per heavy atom. The number of aromatic nitrogens is 2. The van der Waals surface area contributed by atoms with E-state index >= 15 is 0 Å². The minimum atomic E-state index is -0.0467. The lowest BCUT2D eigenvalue weighted by molar-refractivity contribution is 0.956. The van der Waals surface area contributed by atoms with Crippen molar-refractivity contribution in [1.82, 2.24) is 9.97 Å². The lowest BCUT2D eigenvalue weighted by Crippen LogP contribution is -2.12. The Morgan fingerprint density at radius 2 is 2.15 bits per heavy atom. The normalized spacial score (nSPS) is 17.4. The van der Waals surface area contributed by atoms with Gasteiger partial charge in [0.1, 0.15) is 5.82 Å². The molecule has 1 aliphatic heterocycles. The van der Waals surface area contributed by atoms with E-state index in [0.29, 0.717) is 11.7 Å². The summed E-state index contributed by atoms with van der Waals surface area (Å²) in [5, 5.41) is 0. The summed E-state index contributed by atoms with van der Waals surface area (Å²) in [4.78, 5) is 21.6. The van der Waals surface area contributed by atoms with Gasteiger partial charge >= 0.3 is 0 Å². The van der Waals surface area contributed by atoms with Crippen LogP contribution in [0.2, 0.25) is 0 Å². The molecule has 2 aliphatic rings. The lowest BCUT2D eigenvalue weighted by Gasteiger charge is -2.12. The number of hydrogen-bond acceptors (Lipinski definition) is 3. The van der Waals surface area contributed by atoms with Crippen LogP contribution in [0.5, 0.6) is 0 Å². The van der Waals surface area contributed by atoms with Crippen LogP contribution in [0.4, 0.5) is 5.69 Å². The molecule has 0 bridgehead atoms. The van der Waals surface area contributed by atoms with Crippen LogP contribution in [-0.2, 0) is 6.42 Å². The van der Waals surface area contributed by atoms with Gasteiger partial charge < -0.3 is 9.88 Å². The number of benzene rings is 1. The maximum absolute atomic E-state index is 11.8. The zero-order chi connectivity index (χ0) is 13.7. The van der Waals surface area contributed by atoms with Crippen molar-refractivity contribution in [2.24, 2.45) is 0 Å². The number of nitrogens with one attached hydrogen (secondary N) is 1. The third-order valence-electron chi connectivity index (χ3n) is 4.24. The van der Waals surface area contributed by atoms with Gasteiger partial charge in [0, 0.05) is 36.8 Å². The highest BCUT2D eigenvalue weighted by atomic mass is 16.1. The van der Waals surface area contributed by atoms with E-state index in [4.69, 9.17) is 0 Å². The molecule has 0 saturated heterocycles. The van der Waals surface area contributed by atoms with Crippen molar-refractivity contribution in [2.75, 3.05) is 18.5 Å². The van der Waals surface area contributed by atoms with Gasteiger partial charge in [0.05, 0.1) is 5.69 Å². The summed E-state index contributed by atoms with van der Waals surface area (Å²) in [7, 11) is 2.11. The smallest absolute Gasteiger partial charge is 0.251 e. The van der Waals surface area contributed by atoms with E-state index in [9.17, 15) is 4.79 Å². The van der Waals surface area contributed by atoms with E-state index in [1.807, 2.05) is 0 Å². The highest BCUT2D eigenvalue weighted by molar-refractivity contribution is 5.66. The number of fused-ring (bicyclic) bond motifs is 1. The second kappa shape index (κ2) is 4.20. The molecule has 4 rings (SSSR count). The summed E-state index contributed by atoms with van der Waals surface area (Å²) < 4.78 is 0. The lowest BCUT2D eigenvalue weighted by atomic mass is 10.1. The molecule has 1 N–H and O–H groups in total. The fourth-order valence-electron chi connectivity index (χ4n) is 2.92. The second-order valence-electron chi connectivity index (χ2n) is 5.81. The van der Waals surface area contributed by atoms with Crippen LogP contribution in [0.25, 0.3) is 11.4 Å². The van der Waals surface area contributed by atoms with Gasteiger partial charge in [-0.3, -0.25) is 4.79 Å². The molecular formula is C16H17N3O. The molecule has 0 unspecified atom stereocenters. The van der Waals surface area contributed by atoms with Crippen molar-refractivity contribution < 1.29 is 0 Å². The molecule has 20 heavy (non-hydrogen) atoms. The molecule has 0 atom stereocenters. The zero-order valence-electron chi connectivity index (χ0n) is 11.5. The van der Waals surface area contributed by atoms with E-state index in [1.54, 1.807) is 6.07 Å². The van der Waals surface area contributed by atoms with Gasteiger partial charge in [-0.1, -0.05) is 0 Å². The largest absolute Gasteiger partial charge is 0.374 e. The Bertz CT molecular complexity index is 731. The Kier molecular flexibility index (Phi) is 2.46. The van der Waals surface area contributed by atoms with E-state index in [-0.39, 0.29) is 5.56 Å². The molecule has 1 aromatic heterocycles. The van der Waals surface area contributed by atoms with Gasteiger partial charge in [0.15, 0.2) is 0 Å². The first-order chi connectivity index (χ1) is 9.70. The molecule has 2 aromatic rings. The number of hydrogen-bond donors (Lipinski definition) is 1. The molecule has 1 aromatic carbocycles. The van der Waals surface area contributed by atoms with Crippen molar-refractivity contribution in [3.63, 3.8) is 0 Å². The topological polar surface area (TPSA) is 49.0 Å². The van der Waals surface area contributed by atoms with Crippen LogP contribution >= 0.6 is 0 Å². The van der Waals surface area contributed by atoms with Crippen LogP contribution in [0, 0.1) is 0 Å². The average molecular weight is 267 g/mol. The number of likely N-dealkylation sites (N-methyl/N-ethyl adjacent to an activating group) is 1. The zero-order valence-corrected chi connectivity index (χ0v) is 11.5. The predicted molar refractivity (Wildman–Crippen MR) is 79.2 cm³/mol. The van der Waals surface area contributed by atoms with Crippen LogP contribution in [0.1, 0.15) is 30.0 Å². The van der Waals surface area contributed by atoms with Gasteiger partial charge in [-0.25, -0.2) is 4.98 Å². The molecule has 4 nitrogen and oxygen atoms in total. The first-order valence-corrected chi connectivity index (χ1v) is 7.16. The van der Waals surface area contributed by atoms with E-state index in [0.717, 1.165) is 37.1 Å². The van der Waals surface area contributed by atoms with Crippen molar-refractivity contribution in [1.29, 1.82) is 0 Å². The molecule has 1 aliphatic carbocycles. The first-order valence-electron chi connectivity index (χ1n) is 7.16. The predicted octanol–water partition coefficient (Wildman–Crippen LogP) is 2.31. The molecule has 0 amide bonds. The number of anilines is 1. The number of aromatic amines is 1. The molecule has 2 heterocycles. The molecule has 1 saturated carbocycles. The molecule has 0 spiro atoms. The van der Waals surface area contributed by atoms with Gasteiger partial charge in [-0.05, 0) is 43.0 Å². The Morgan fingerprint density at radius 1 is 1.30 bits per heavy atom. The van der Waals surface area contributed by atoms with E-state index in [2.05, 4.69) is 40.1 Å². The molecular weight excluding hydrogens is 250 g/mol. The Balaban J connectivity index is 1.79. The van der Waals surface area contributed by atoms with Crippen molar-refractivity contribution in [2.45, 2.75) is 25.2 Å². The molecule has 102 valence electrons. The first kappa shape index (κ1) is 11.7. The fraction of sp³-hybridized carbons (Fsp3) is 0.375. The minimum Gasteiger partial charge on any atom is -0.374 e.